The first-order valence-electron chi connectivity index (χ1n) is 5.58. The molecule has 0 aromatic carbocycles. The van der Waals surface area contributed by atoms with Crippen LogP contribution in [-0.4, -0.2) is 43.9 Å². The first kappa shape index (κ1) is 12.3. The van der Waals surface area contributed by atoms with Crippen molar-refractivity contribution in [2.45, 2.75) is 19.9 Å². The van der Waals surface area contributed by atoms with Gasteiger partial charge in [-0.3, -0.25) is 14.8 Å². The summed E-state index contributed by atoms with van der Waals surface area (Å²) in [7, 11) is 0. The van der Waals surface area contributed by atoms with E-state index in [9.17, 15) is 14.9 Å². The molecule has 2 heterocycles. The van der Waals surface area contributed by atoms with Crippen molar-refractivity contribution in [2.24, 2.45) is 5.92 Å². The monoisotopic (exact) mass is 254 g/mol. The fraction of sp³-hybridized carbons (Fsp3) is 0.600. The number of likely N-dealkylation sites (tertiary alicyclic amines) is 1. The summed E-state index contributed by atoms with van der Waals surface area (Å²) in [4.78, 5) is 22.5. The van der Waals surface area contributed by atoms with Crippen LogP contribution in [0.5, 0.6) is 0 Å². The topological polar surface area (TPSA) is 102 Å². The molecule has 18 heavy (non-hydrogen) atoms. The highest BCUT2D eigenvalue weighted by Crippen LogP contribution is 2.30. The summed E-state index contributed by atoms with van der Waals surface area (Å²) >= 11 is 0. The second-order valence-electron chi connectivity index (χ2n) is 4.55. The summed E-state index contributed by atoms with van der Waals surface area (Å²) in [6, 6.07) is -0.144. The molecule has 1 aliphatic rings. The summed E-state index contributed by atoms with van der Waals surface area (Å²) in [5.41, 5.74) is 0.431. The lowest BCUT2D eigenvalue weighted by atomic mass is 10.1. The molecule has 0 saturated carbocycles. The Balaban J connectivity index is 2.27. The van der Waals surface area contributed by atoms with Crippen LogP contribution in [-0.2, 0) is 0 Å². The molecule has 2 rings (SSSR count). The third-order valence-corrected chi connectivity index (χ3v) is 3.37. The Kier molecular flexibility index (Phi) is 2.93. The molecule has 0 aliphatic carbocycles. The fourth-order valence-electron chi connectivity index (χ4n) is 2.35. The quantitative estimate of drug-likeness (QED) is 0.632. The van der Waals surface area contributed by atoms with Gasteiger partial charge in [-0.1, -0.05) is 6.92 Å². The molecule has 2 unspecified atom stereocenters. The molecule has 98 valence electrons. The van der Waals surface area contributed by atoms with E-state index in [4.69, 9.17) is 5.11 Å². The van der Waals surface area contributed by atoms with Gasteiger partial charge >= 0.3 is 11.8 Å². The maximum atomic E-state index is 10.9. The SMILES string of the molecule is Cc1c([N+](=O)[O-])cnn1C1CN(C(=O)O)CC1C. The van der Waals surface area contributed by atoms with Crippen LogP contribution in [0.15, 0.2) is 6.20 Å². The van der Waals surface area contributed by atoms with Crippen LogP contribution in [0.25, 0.3) is 0 Å². The van der Waals surface area contributed by atoms with Crippen molar-refractivity contribution in [2.75, 3.05) is 13.1 Å². The number of nitrogens with zero attached hydrogens (tertiary/aromatic N) is 4. The molecule has 0 spiro atoms. The Bertz CT molecular complexity index is 498. The van der Waals surface area contributed by atoms with Gasteiger partial charge < -0.3 is 10.0 Å². The van der Waals surface area contributed by atoms with Gasteiger partial charge in [-0.2, -0.15) is 5.10 Å². The Labute approximate surface area is 103 Å². The molecule has 1 fully saturated rings. The Morgan fingerprint density at radius 2 is 2.28 bits per heavy atom. The minimum atomic E-state index is -0.969. The first-order valence-corrected chi connectivity index (χ1v) is 5.58. The van der Waals surface area contributed by atoms with Gasteiger partial charge in [0.25, 0.3) is 0 Å². The minimum absolute atomic E-state index is 0.0315. The van der Waals surface area contributed by atoms with Gasteiger partial charge in [0.2, 0.25) is 0 Å². The van der Waals surface area contributed by atoms with Crippen LogP contribution in [0.3, 0.4) is 0 Å². The average molecular weight is 254 g/mol. The number of hydrogen-bond acceptors (Lipinski definition) is 4. The minimum Gasteiger partial charge on any atom is -0.465 e. The third kappa shape index (κ3) is 1.89. The zero-order valence-electron chi connectivity index (χ0n) is 10.1. The highest BCUT2D eigenvalue weighted by atomic mass is 16.6. The third-order valence-electron chi connectivity index (χ3n) is 3.37. The first-order chi connectivity index (χ1) is 8.41. The average Bonchev–Trinajstić information content (AvgIpc) is 2.81. The van der Waals surface area contributed by atoms with Crippen molar-refractivity contribution in [1.82, 2.24) is 14.7 Å². The number of nitro groups is 1. The van der Waals surface area contributed by atoms with Crippen molar-refractivity contribution in [3.8, 4) is 0 Å². The molecule has 8 heteroatoms. The van der Waals surface area contributed by atoms with Crippen molar-refractivity contribution in [3.05, 3.63) is 22.0 Å². The molecule has 2 atom stereocenters. The van der Waals surface area contributed by atoms with Gasteiger partial charge in [0.1, 0.15) is 11.9 Å². The van der Waals surface area contributed by atoms with Crippen LogP contribution in [0.4, 0.5) is 10.5 Å². The van der Waals surface area contributed by atoms with E-state index in [0.29, 0.717) is 18.8 Å². The zero-order chi connectivity index (χ0) is 13.4. The number of rotatable bonds is 2. The second-order valence-corrected chi connectivity index (χ2v) is 4.55. The van der Waals surface area contributed by atoms with Crippen LogP contribution in [0.1, 0.15) is 18.7 Å². The van der Waals surface area contributed by atoms with E-state index in [1.807, 2.05) is 6.92 Å². The van der Waals surface area contributed by atoms with Crippen molar-refractivity contribution in [3.63, 3.8) is 0 Å². The Morgan fingerprint density at radius 1 is 1.61 bits per heavy atom. The molecule has 8 nitrogen and oxygen atoms in total. The van der Waals surface area contributed by atoms with Crippen molar-refractivity contribution < 1.29 is 14.8 Å². The normalized spacial score (nSPS) is 23.3. The maximum Gasteiger partial charge on any atom is 0.407 e. The Morgan fingerprint density at radius 3 is 2.72 bits per heavy atom. The van der Waals surface area contributed by atoms with Gasteiger partial charge in [-0.15, -0.1) is 0 Å². The molecule has 1 saturated heterocycles. The van der Waals surface area contributed by atoms with Crippen molar-refractivity contribution in [1.29, 1.82) is 0 Å². The van der Waals surface area contributed by atoms with E-state index in [1.165, 1.54) is 11.1 Å². The van der Waals surface area contributed by atoms with E-state index in [0.717, 1.165) is 0 Å². The second kappa shape index (κ2) is 4.28. The lowest BCUT2D eigenvalue weighted by Crippen LogP contribution is -2.27. The van der Waals surface area contributed by atoms with Crippen LogP contribution < -0.4 is 0 Å². The maximum absolute atomic E-state index is 10.9. The van der Waals surface area contributed by atoms with Gasteiger partial charge in [0, 0.05) is 13.1 Å². The predicted molar refractivity (Wildman–Crippen MR) is 61.4 cm³/mol. The number of hydrogen-bond donors (Lipinski definition) is 1. The molecule has 0 bridgehead atoms. The largest absolute Gasteiger partial charge is 0.465 e. The van der Waals surface area contributed by atoms with Crippen LogP contribution in [0, 0.1) is 23.0 Å². The molecule has 1 aliphatic heterocycles. The zero-order valence-corrected chi connectivity index (χ0v) is 10.1. The number of carbonyl (C=O) groups is 1. The lowest BCUT2D eigenvalue weighted by molar-refractivity contribution is -0.385. The molecule has 1 N–H and O–H groups in total. The predicted octanol–water partition coefficient (Wildman–Crippen LogP) is 1.27. The summed E-state index contributed by atoms with van der Waals surface area (Å²) in [5, 5.41) is 23.7. The van der Waals surface area contributed by atoms with E-state index < -0.39 is 11.0 Å². The van der Waals surface area contributed by atoms with Gasteiger partial charge in [-0.25, -0.2) is 4.79 Å². The lowest BCUT2D eigenvalue weighted by Gasteiger charge is -2.15. The number of amides is 1. The smallest absolute Gasteiger partial charge is 0.407 e. The van der Waals surface area contributed by atoms with E-state index in [-0.39, 0.29) is 17.6 Å². The highest BCUT2D eigenvalue weighted by molar-refractivity contribution is 5.65. The van der Waals surface area contributed by atoms with E-state index in [1.54, 1.807) is 11.6 Å². The molecule has 1 aromatic rings. The molecular weight excluding hydrogens is 240 g/mol. The standard InChI is InChI=1S/C10H14N4O4/c1-6-4-12(10(15)16)5-9(6)13-7(2)8(3-11-13)14(17)18/h3,6,9H,4-5H2,1-2H3,(H,15,16). The summed E-state index contributed by atoms with van der Waals surface area (Å²) in [6.07, 6.45) is 0.245. The van der Waals surface area contributed by atoms with Gasteiger partial charge in [-0.05, 0) is 12.8 Å². The molecule has 0 radical (unpaired) electrons. The number of aromatic nitrogens is 2. The summed E-state index contributed by atoms with van der Waals surface area (Å²) < 4.78 is 1.56. The molecule has 1 aromatic heterocycles. The van der Waals surface area contributed by atoms with Crippen LogP contribution >= 0.6 is 0 Å². The van der Waals surface area contributed by atoms with Crippen molar-refractivity contribution >= 4 is 11.8 Å². The molecule has 1 amide bonds. The summed E-state index contributed by atoms with van der Waals surface area (Å²) in [5.74, 6) is 0.0827. The van der Waals surface area contributed by atoms with Gasteiger partial charge in [0.15, 0.2) is 0 Å². The highest BCUT2D eigenvalue weighted by Gasteiger charge is 2.36. The fourth-order valence-corrected chi connectivity index (χ4v) is 2.35. The molecular formula is C10H14N4O4. The van der Waals surface area contributed by atoms with E-state index in [2.05, 4.69) is 5.10 Å². The number of carboxylic acid groups (broad SMARTS) is 1. The Hall–Kier alpha value is -2.12. The summed E-state index contributed by atoms with van der Waals surface area (Å²) in [6.45, 7) is 4.28. The van der Waals surface area contributed by atoms with E-state index >= 15 is 0 Å². The van der Waals surface area contributed by atoms with Gasteiger partial charge in [0.05, 0.1) is 11.0 Å². The van der Waals surface area contributed by atoms with Crippen LogP contribution in [0.2, 0.25) is 0 Å².